The van der Waals surface area contributed by atoms with E-state index in [9.17, 15) is 4.79 Å². The Bertz CT molecular complexity index is 550. The number of hydrogen-bond acceptors (Lipinski definition) is 3. The van der Waals surface area contributed by atoms with Gasteiger partial charge in [0.25, 0.3) is 5.91 Å². The van der Waals surface area contributed by atoms with Crippen LogP contribution in [0, 0.1) is 0 Å². The van der Waals surface area contributed by atoms with E-state index in [0.29, 0.717) is 17.4 Å². The molecule has 0 aliphatic rings. The maximum absolute atomic E-state index is 11.6. The molecule has 0 saturated heterocycles. The van der Waals surface area contributed by atoms with Gasteiger partial charge in [-0.15, -0.1) is 0 Å². The molecule has 0 aliphatic heterocycles. The lowest BCUT2D eigenvalue weighted by Crippen LogP contribution is -2.48. The highest BCUT2D eigenvalue weighted by Crippen LogP contribution is 2.07. The lowest BCUT2D eigenvalue weighted by Gasteiger charge is -2.12. The summed E-state index contributed by atoms with van der Waals surface area (Å²) >= 11 is 5.07. The number of amides is 1. The summed E-state index contributed by atoms with van der Waals surface area (Å²) in [4.78, 5) is 11.6. The van der Waals surface area contributed by atoms with Gasteiger partial charge in [-0.25, -0.2) is 0 Å². The lowest BCUT2D eigenvalue weighted by atomic mass is 10.2. The molecule has 114 valence electrons. The van der Waals surface area contributed by atoms with E-state index in [1.165, 1.54) is 0 Å². The molecular weight excluding hydrogens is 298 g/mol. The van der Waals surface area contributed by atoms with Crippen LogP contribution in [0.15, 0.2) is 60.7 Å². The summed E-state index contributed by atoms with van der Waals surface area (Å²) < 4.78 is 5.31. The van der Waals surface area contributed by atoms with E-state index in [4.69, 9.17) is 17.0 Å². The highest BCUT2D eigenvalue weighted by Gasteiger charge is 2.03. The van der Waals surface area contributed by atoms with E-state index in [-0.39, 0.29) is 12.5 Å². The Balaban J connectivity index is 1.62. The Morgan fingerprint density at radius 3 is 2.27 bits per heavy atom. The number of hydrazine groups is 1. The summed E-state index contributed by atoms with van der Waals surface area (Å²) in [5.41, 5.74) is 6.20. The van der Waals surface area contributed by atoms with E-state index >= 15 is 0 Å². The minimum atomic E-state index is -0.312. The van der Waals surface area contributed by atoms with Gasteiger partial charge >= 0.3 is 0 Å². The van der Waals surface area contributed by atoms with Crippen LogP contribution in [0.25, 0.3) is 0 Å². The second-order valence-electron chi connectivity index (χ2n) is 4.44. The summed E-state index contributed by atoms with van der Waals surface area (Å²) in [6.07, 6.45) is 0. The van der Waals surface area contributed by atoms with Crippen molar-refractivity contribution in [2.75, 3.05) is 6.61 Å². The molecule has 0 saturated carbocycles. The zero-order chi connectivity index (χ0) is 15.6. The van der Waals surface area contributed by atoms with Gasteiger partial charge in [0.15, 0.2) is 11.7 Å². The predicted molar refractivity (Wildman–Crippen MR) is 89.1 cm³/mol. The van der Waals surface area contributed by atoms with Gasteiger partial charge in [-0.05, 0) is 29.9 Å². The molecule has 0 fully saturated rings. The van der Waals surface area contributed by atoms with Crippen molar-refractivity contribution in [2.24, 2.45) is 0 Å². The summed E-state index contributed by atoms with van der Waals surface area (Å²) in [5, 5.41) is 3.34. The quantitative estimate of drug-likeness (QED) is 0.580. The van der Waals surface area contributed by atoms with Crippen LogP contribution in [0.5, 0.6) is 5.75 Å². The monoisotopic (exact) mass is 315 g/mol. The SMILES string of the molecule is O=C(COc1ccccc1)NNC(=S)NCc1ccccc1. The van der Waals surface area contributed by atoms with E-state index in [2.05, 4.69) is 16.2 Å². The standard InChI is InChI=1S/C16H17N3O2S/c20-15(12-21-14-9-5-2-6-10-14)18-19-16(22)17-11-13-7-3-1-4-8-13/h1-10H,11-12H2,(H,18,20)(H2,17,19,22). The smallest absolute Gasteiger partial charge is 0.276 e. The molecule has 22 heavy (non-hydrogen) atoms. The summed E-state index contributed by atoms with van der Waals surface area (Å²) in [5.74, 6) is 0.329. The number of nitrogens with one attached hydrogen (secondary N) is 3. The number of para-hydroxylation sites is 1. The van der Waals surface area contributed by atoms with Crippen LogP contribution in [0.2, 0.25) is 0 Å². The number of ether oxygens (including phenoxy) is 1. The van der Waals surface area contributed by atoms with Crippen molar-refractivity contribution in [1.82, 2.24) is 16.2 Å². The molecule has 0 bridgehead atoms. The number of carbonyl (C=O) groups is 1. The Labute approximate surface area is 134 Å². The number of carbonyl (C=O) groups excluding carboxylic acids is 1. The number of rotatable bonds is 5. The number of benzene rings is 2. The molecule has 5 nitrogen and oxygen atoms in total. The van der Waals surface area contributed by atoms with Crippen LogP contribution < -0.4 is 20.9 Å². The highest BCUT2D eigenvalue weighted by molar-refractivity contribution is 7.80. The lowest BCUT2D eigenvalue weighted by molar-refractivity contribution is -0.123. The van der Waals surface area contributed by atoms with Crippen molar-refractivity contribution in [1.29, 1.82) is 0 Å². The number of thiocarbonyl (C=S) groups is 1. The van der Waals surface area contributed by atoms with Crippen LogP contribution in [0.4, 0.5) is 0 Å². The zero-order valence-corrected chi connectivity index (χ0v) is 12.7. The average Bonchev–Trinajstić information content (AvgIpc) is 2.58. The van der Waals surface area contributed by atoms with E-state index in [1.807, 2.05) is 48.5 Å². The molecular formula is C16H17N3O2S. The van der Waals surface area contributed by atoms with Crippen LogP contribution in [-0.4, -0.2) is 17.6 Å². The predicted octanol–water partition coefficient (Wildman–Crippen LogP) is 1.76. The van der Waals surface area contributed by atoms with E-state index in [0.717, 1.165) is 5.56 Å². The Hall–Kier alpha value is -2.60. The van der Waals surface area contributed by atoms with Crippen LogP contribution in [-0.2, 0) is 11.3 Å². The zero-order valence-electron chi connectivity index (χ0n) is 11.9. The van der Waals surface area contributed by atoms with Gasteiger partial charge in [-0.3, -0.25) is 15.6 Å². The fraction of sp³-hybridized carbons (Fsp3) is 0.125. The minimum absolute atomic E-state index is 0.0850. The second kappa shape index (κ2) is 8.63. The normalized spacial score (nSPS) is 9.64. The number of hydrogen-bond donors (Lipinski definition) is 3. The molecule has 0 spiro atoms. The van der Waals surface area contributed by atoms with Gasteiger partial charge in [0.2, 0.25) is 0 Å². The fourth-order valence-corrected chi connectivity index (χ4v) is 1.77. The Morgan fingerprint density at radius 2 is 1.59 bits per heavy atom. The first-order chi connectivity index (χ1) is 10.7. The van der Waals surface area contributed by atoms with Crippen molar-refractivity contribution in [3.8, 4) is 5.75 Å². The van der Waals surface area contributed by atoms with Gasteiger partial charge in [-0.2, -0.15) is 0 Å². The summed E-state index contributed by atoms with van der Waals surface area (Å²) in [6, 6.07) is 19.0. The second-order valence-corrected chi connectivity index (χ2v) is 4.85. The minimum Gasteiger partial charge on any atom is -0.484 e. The van der Waals surface area contributed by atoms with Crippen molar-refractivity contribution < 1.29 is 9.53 Å². The van der Waals surface area contributed by atoms with Crippen molar-refractivity contribution >= 4 is 23.2 Å². The molecule has 0 aliphatic carbocycles. The molecule has 0 atom stereocenters. The third-order valence-corrected chi connectivity index (χ3v) is 2.97. The van der Waals surface area contributed by atoms with Crippen molar-refractivity contribution in [3.05, 3.63) is 66.2 Å². The van der Waals surface area contributed by atoms with Gasteiger partial charge < -0.3 is 10.1 Å². The van der Waals surface area contributed by atoms with Gasteiger partial charge in [0.05, 0.1) is 0 Å². The average molecular weight is 315 g/mol. The topological polar surface area (TPSA) is 62.4 Å². The largest absolute Gasteiger partial charge is 0.484 e. The molecule has 0 radical (unpaired) electrons. The maximum atomic E-state index is 11.6. The van der Waals surface area contributed by atoms with Crippen LogP contribution in [0.1, 0.15) is 5.56 Å². The first-order valence-electron chi connectivity index (χ1n) is 6.78. The summed E-state index contributed by atoms with van der Waals surface area (Å²) in [6.45, 7) is 0.501. The van der Waals surface area contributed by atoms with Crippen molar-refractivity contribution in [2.45, 2.75) is 6.54 Å². The van der Waals surface area contributed by atoms with E-state index < -0.39 is 0 Å². The van der Waals surface area contributed by atoms with Gasteiger partial charge in [-0.1, -0.05) is 48.5 Å². The first-order valence-corrected chi connectivity index (χ1v) is 7.19. The first kappa shape index (κ1) is 15.8. The molecule has 3 N–H and O–H groups in total. The van der Waals surface area contributed by atoms with E-state index in [1.54, 1.807) is 12.1 Å². The molecule has 0 heterocycles. The molecule has 0 unspecified atom stereocenters. The molecule has 0 aromatic heterocycles. The van der Waals surface area contributed by atoms with Crippen molar-refractivity contribution in [3.63, 3.8) is 0 Å². The summed E-state index contributed by atoms with van der Waals surface area (Å²) in [7, 11) is 0. The third-order valence-electron chi connectivity index (χ3n) is 2.72. The Kier molecular flexibility index (Phi) is 6.19. The molecule has 6 heteroatoms. The van der Waals surface area contributed by atoms with Gasteiger partial charge in [0.1, 0.15) is 5.75 Å². The molecule has 2 aromatic carbocycles. The third kappa shape index (κ3) is 5.80. The molecule has 1 amide bonds. The van der Waals surface area contributed by atoms with Crippen LogP contribution >= 0.6 is 12.2 Å². The van der Waals surface area contributed by atoms with Gasteiger partial charge in [0, 0.05) is 6.54 Å². The van der Waals surface area contributed by atoms with Crippen LogP contribution in [0.3, 0.4) is 0 Å². The Morgan fingerprint density at radius 1 is 0.955 bits per heavy atom. The highest BCUT2D eigenvalue weighted by atomic mass is 32.1. The maximum Gasteiger partial charge on any atom is 0.276 e. The molecule has 2 aromatic rings. The fourth-order valence-electron chi connectivity index (χ4n) is 1.65. The molecule has 2 rings (SSSR count).